The van der Waals surface area contributed by atoms with Crippen LogP contribution in [-0.4, -0.2) is 38.8 Å². The van der Waals surface area contributed by atoms with Gasteiger partial charge in [-0.1, -0.05) is 42.0 Å². The van der Waals surface area contributed by atoms with Gasteiger partial charge in [0.1, 0.15) is 12.7 Å². The third-order valence-corrected chi connectivity index (χ3v) is 5.21. The van der Waals surface area contributed by atoms with Crippen molar-refractivity contribution in [2.45, 2.75) is 32.2 Å². The lowest BCUT2D eigenvalue weighted by molar-refractivity contribution is 0.193. The average molecular weight is 375 g/mol. The Kier molecular flexibility index (Phi) is 5.37. The molecule has 28 heavy (non-hydrogen) atoms. The minimum absolute atomic E-state index is 0.0322. The van der Waals surface area contributed by atoms with Crippen LogP contribution in [0.3, 0.4) is 0 Å². The molecule has 4 rings (SSSR count). The number of anilines is 1. The summed E-state index contributed by atoms with van der Waals surface area (Å²) in [6.07, 6.45) is 5.36. The first-order valence-corrected chi connectivity index (χ1v) is 9.71. The van der Waals surface area contributed by atoms with Gasteiger partial charge in [0.25, 0.3) is 0 Å². The molecular formula is C22H25N5O. The van der Waals surface area contributed by atoms with Gasteiger partial charge in [-0.15, -0.1) is 0 Å². The van der Waals surface area contributed by atoms with E-state index in [4.69, 9.17) is 0 Å². The number of urea groups is 1. The molecule has 6 heteroatoms. The van der Waals surface area contributed by atoms with E-state index in [1.165, 1.54) is 17.5 Å². The Hall–Kier alpha value is -3.15. The maximum atomic E-state index is 12.8. The summed E-state index contributed by atoms with van der Waals surface area (Å²) in [5, 5.41) is 7.19. The first-order valence-electron chi connectivity index (χ1n) is 9.71. The van der Waals surface area contributed by atoms with Crippen LogP contribution in [0.1, 0.15) is 35.4 Å². The van der Waals surface area contributed by atoms with E-state index in [9.17, 15) is 4.79 Å². The number of aryl methyl sites for hydroxylation is 1. The van der Waals surface area contributed by atoms with E-state index in [0.29, 0.717) is 12.5 Å². The molecule has 1 aliphatic heterocycles. The molecule has 2 aromatic carbocycles. The van der Waals surface area contributed by atoms with Crippen molar-refractivity contribution in [3.05, 3.63) is 77.9 Å². The standard InChI is InChI=1S/C22H25N5O/c1-17-5-2-7-19(11-17)20-8-4-10-26(14-20)22(28)25-21-9-3-6-18(12-21)13-27-16-23-15-24-27/h2-3,5-7,9,11-12,15-16,20H,4,8,10,13-14H2,1H3,(H,25,28)/t20-/m1/s1. The van der Waals surface area contributed by atoms with Gasteiger partial charge in [-0.25, -0.2) is 14.5 Å². The van der Waals surface area contributed by atoms with Gasteiger partial charge in [-0.05, 0) is 43.0 Å². The number of nitrogens with one attached hydrogen (secondary N) is 1. The van der Waals surface area contributed by atoms with Crippen molar-refractivity contribution in [1.29, 1.82) is 0 Å². The second-order valence-electron chi connectivity index (χ2n) is 7.42. The minimum Gasteiger partial charge on any atom is -0.324 e. The summed E-state index contributed by atoms with van der Waals surface area (Å²) < 4.78 is 1.76. The van der Waals surface area contributed by atoms with E-state index >= 15 is 0 Å². The molecule has 1 aliphatic rings. The highest BCUT2D eigenvalue weighted by Crippen LogP contribution is 2.28. The van der Waals surface area contributed by atoms with Crippen LogP contribution < -0.4 is 5.32 Å². The van der Waals surface area contributed by atoms with Gasteiger partial charge in [-0.2, -0.15) is 5.10 Å². The third-order valence-electron chi connectivity index (χ3n) is 5.21. The van der Waals surface area contributed by atoms with E-state index in [1.54, 1.807) is 11.0 Å². The van der Waals surface area contributed by atoms with Gasteiger partial charge in [-0.3, -0.25) is 0 Å². The Balaban J connectivity index is 1.40. The van der Waals surface area contributed by atoms with Crippen LogP contribution in [0, 0.1) is 6.92 Å². The molecule has 0 bridgehead atoms. The number of nitrogens with zero attached hydrogens (tertiary/aromatic N) is 4. The summed E-state index contributed by atoms with van der Waals surface area (Å²) in [6.45, 7) is 4.30. The maximum absolute atomic E-state index is 12.8. The quantitative estimate of drug-likeness (QED) is 0.748. The van der Waals surface area contributed by atoms with Crippen molar-refractivity contribution in [3.63, 3.8) is 0 Å². The summed E-state index contributed by atoms with van der Waals surface area (Å²) >= 11 is 0. The predicted molar refractivity (Wildman–Crippen MR) is 109 cm³/mol. The van der Waals surface area contributed by atoms with Crippen LogP contribution in [-0.2, 0) is 6.54 Å². The Labute approximate surface area is 165 Å². The van der Waals surface area contributed by atoms with Gasteiger partial charge >= 0.3 is 6.03 Å². The smallest absolute Gasteiger partial charge is 0.321 e. The lowest BCUT2D eigenvalue weighted by Crippen LogP contribution is -2.41. The highest BCUT2D eigenvalue weighted by atomic mass is 16.2. The molecular weight excluding hydrogens is 350 g/mol. The molecule has 3 aromatic rings. The molecule has 144 valence electrons. The lowest BCUT2D eigenvalue weighted by atomic mass is 9.90. The summed E-state index contributed by atoms with van der Waals surface area (Å²) in [5.74, 6) is 0.401. The van der Waals surface area contributed by atoms with Crippen LogP contribution in [0.25, 0.3) is 0 Å². The maximum Gasteiger partial charge on any atom is 0.321 e. The van der Waals surface area contributed by atoms with E-state index in [2.05, 4.69) is 46.6 Å². The molecule has 1 N–H and O–H groups in total. The summed E-state index contributed by atoms with van der Waals surface area (Å²) in [7, 11) is 0. The molecule has 1 aromatic heterocycles. The SMILES string of the molecule is Cc1cccc([C@@H]2CCCN(C(=O)Nc3cccc(Cn4cncn4)c3)C2)c1. The predicted octanol–water partition coefficient (Wildman–Crippen LogP) is 4.05. The topological polar surface area (TPSA) is 63.1 Å². The molecule has 1 saturated heterocycles. The molecule has 2 amide bonds. The van der Waals surface area contributed by atoms with Crippen molar-refractivity contribution in [3.8, 4) is 0 Å². The third kappa shape index (κ3) is 4.39. The molecule has 1 fully saturated rings. The second kappa shape index (κ2) is 8.25. The Morgan fingerprint density at radius 1 is 1.21 bits per heavy atom. The van der Waals surface area contributed by atoms with Crippen LogP contribution in [0.5, 0.6) is 0 Å². The second-order valence-corrected chi connectivity index (χ2v) is 7.42. The van der Waals surface area contributed by atoms with Crippen LogP contribution in [0.15, 0.2) is 61.2 Å². The normalized spacial score (nSPS) is 16.8. The van der Waals surface area contributed by atoms with Gasteiger partial charge in [0.15, 0.2) is 0 Å². The van der Waals surface area contributed by atoms with Crippen molar-refractivity contribution in [1.82, 2.24) is 19.7 Å². The first-order chi connectivity index (χ1) is 13.7. The molecule has 0 unspecified atom stereocenters. The van der Waals surface area contributed by atoms with Gasteiger partial charge in [0.05, 0.1) is 6.54 Å². The molecule has 0 saturated carbocycles. The number of benzene rings is 2. The van der Waals surface area contributed by atoms with E-state index < -0.39 is 0 Å². The number of amides is 2. The number of aromatic nitrogens is 3. The summed E-state index contributed by atoms with van der Waals surface area (Å²) in [6, 6.07) is 16.5. The summed E-state index contributed by atoms with van der Waals surface area (Å²) in [4.78, 5) is 18.7. The van der Waals surface area contributed by atoms with Crippen LogP contribution >= 0.6 is 0 Å². The number of rotatable bonds is 4. The Bertz CT molecular complexity index is 938. The highest BCUT2D eigenvalue weighted by Gasteiger charge is 2.24. The summed E-state index contributed by atoms with van der Waals surface area (Å²) in [5.41, 5.74) is 4.47. The van der Waals surface area contributed by atoms with Crippen molar-refractivity contribution in [2.75, 3.05) is 18.4 Å². The first kappa shape index (κ1) is 18.2. The van der Waals surface area contributed by atoms with E-state index in [1.807, 2.05) is 29.2 Å². The molecule has 2 heterocycles. The molecule has 0 radical (unpaired) electrons. The van der Waals surface area contributed by atoms with Crippen molar-refractivity contribution < 1.29 is 4.79 Å². The zero-order valence-corrected chi connectivity index (χ0v) is 16.1. The van der Waals surface area contributed by atoms with Gasteiger partial charge in [0, 0.05) is 24.7 Å². The largest absolute Gasteiger partial charge is 0.324 e. The molecule has 0 spiro atoms. The fourth-order valence-corrected chi connectivity index (χ4v) is 3.81. The number of piperidine rings is 1. The van der Waals surface area contributed by atoms with E-state index in [0.717, 1.165) is 37.2 Å². The van der Waals surface area contributed by atoms with Crippen LogP contribution in [0.2, 0.25) is 0 Å². The zero-order valence-electron chi connectivity index (χ0n) is 16.1. The lowest BCUT2D eigenvalue weighted by Gasteiger charge is -2.33. The number of carbonyl (C=O) groups is 1. The zero-order chi connectivity index (χ0) is 19.3. The fraction of sp³-hybridized carbons (Fsp3) is 0.318. The molecule has 0 aliphatic carbocycles. The van der Waals surface area contributed by atoms with Crippen molar-refractivity contribution >= 4 is 11.7 Å². The molecule has 1 atom stereocenters. The number of carbonyl (C=O) groups excluding carboxylic acids is 1. The number of hydrogen-bond acceptors (Lipinski definition) is 3. The fourth-order valence-electron chi connectivity index (χ4n) is 3.81. The average Bonchev–Trinajstić information content (AvgIpc) is 3.21. The van der Waals surface area contributed by atoms with E-state index in [-0.39, 0.29) is 6.03 Å². The van der Waals surface area contributed by atoms with Gasteiger partial charge in [0.2, 0.25) is 0 Å². The van der Waals surface area contributed by atoms with Crippen LogP contribution in [0.4, 0.5) is 10.5 Å². The Morgan fingerprint density at radius 3 is 2.93 bits per heavy atom. The Morgan fingerprint density at radius 2 is 2.11 bits per heavy atom. The van der Waals surface area contributed by atoms with Gasteiger partial charge < -0.3 is 10.2 Å². The number of likely N-dealkylation sites (tertiary alicyclic amines) is 1. The van der Waals surface area contributed by atoms with Crippen molar-refractivity contribution in [2.24, 2.45) is 0 Å². The minimum atomic E-state index is -0.0322. The molecule has 6 nitrogen and oxygen atoms in total. The highest BCUT2D eigenvalue weighted by molar-refractivity contribution is 5.89. The monoisotopic (exact) mass is 375 g/mol. The number of hydrogen-bond donors (Lipinski definition) is 1.